The number of nitrogens with zero attached hydrogens (tertiary/aromatic N) is 3. The molecule has 2 aromatic carbocycles. The number of methoxy groups -OCH3 is 1. The van der Waals surface area contributed by atoms with Crippen LogP contribution in [0.2, 0.25) is 0 Å². The lowest BCUT2D eigenvalue weighted by atomic mass is 10.1. The number of ether oxygens (including phenoxy) is 1. The molecule has 0 bridgehead atoms. The second-order valence-corrected chi connectivity index (χ2v) is 7.78. The maximum absolute atomic E-state index is 12.8. The maximum Gasteiger partial charge on any atom is 0.227 e. The number of imidazole rings is 1. The summed E-state index contributed by atoms with van der Waals surface area (Å²) >= 11 is 0. The lowest BCUT2D eigenvalue weighted by Crippen LogP contribution is -2.24. The first-order valence-electron chi connectivity index (χ1n) is 10.6. The molecule has 1 aliphatic rings. The van der Waals surface area contributed by atoms with Gasteiger partial charge in [-0.15, -0.1) is 0 Å². The van der Waals surface area contributed by atoms with Gasteiger partial charge in [0.15, 0.2) is 0 Å². The average Bonchev–Trinajstić information content (AvgIpc) is 3.32. The SMILES string of the molecule is CCCCCCn1c(C2CC(=O)N(c3cccc(OC)c3)C2)nc2ccccc21. The maximum atomic E-state index is 12.8. The van der Waals surface area contributed by atoms with Gasteiger partial charge in [-0.05, 0) is 30.7 Å². The normalized spacial score (nSPS) is 16.7. The van der Waals surface area contributed by atoms with Crippen molar-refractivity contribution in [3.8, 4) is 5.75 Å². The fourth-order valence-electron chi connectivity index (χ4n) is 4.25. The molecule has 1 atom stereocenters. The first-order valence-corrected chi connectivity index (χ1v) is 10.6. The molecule has 152 valence electrons. The van der Waals surface area contributed by atoms with Crippen LogP contribution in [0.25, 0.3) is 11.0 Å². The number of amides is 1. The quantitative estimate of drug-likeness (QED) is 0.499. The number of aromatic nitrogens is 2. The highest BCUT2D eigenvalue weighted by Crippen LogP contribution is 2.34. The molecule has 4 rings (SSSR count). The van der Waals surface area contributed by atoms with Crippen LogP contribution in [-0.4, -0.2) is 29.1 Å². The molecule has 1 amide bonds. The van der Waals surface area contributed by atoms with Crippen LogP contribution < -0.4 is 9.64 Å². The molecule has 29 heavy (non-hydrogen) atoms. The highest BCUT2D eigenvalue weighted by atomic mass is 16.5. The zero-order valence-electron chi connectivity index (χ0n) is 17.3. The van der Waals surface area contributed by atoms with Crippen LogP contribution in [0.5, 0.6) is 5.75 Å². The Labute approximate surface area is 172 Å². The van der Waals surface area contributed by atoms with Crippen LogP contribution in [0.4, 0.5) is 5.69 Å². The third-order valence-electron chi connectivity index (χ3n) is 5.77. The van der Waals surface area contributed by atoms with Gasteiger partial charge in [0.25, 0.3) is 0 Å². The standard InChI is InChI=1S/C24H29N3O2/c1-3-4-5-8-14-26-22-13-7-6-12-21(22)25-24(26)18-15-23(28)27(17-18)19-10-9-11-20(16-19)29-2/h6-7,9-13,16,18H,3-5,8,14-15,17H2,1-2H3. The van der Waals surface area contributed by atoms with Crippen molar-refractivity contribution in [2.45, 2.75) is 51.5 Å². The largest absolute Gasteiger partial charge is 0.497 e. The van der Waals surface area contributed by atoms with E-state index in [0.29, 0.717) is 13.0 Å². The first kappa shape index (κ1) is 19.5. The molecule has 0 saturated carbocycles. The summed E-state index contributed by atoms with van der Waals surface area (Å²) in [6.07, 6.45) is 5.34. The highest BCUT2D eigenvalue weighted by Gasteiger charge is 2.34. The molecule has 0 N–H and O–H groups in total. The summed E-state index contributed by atoms with van der Waals surface area (Å²) in [6, 6.07) is 16.0. The monoisotopic (exact) mass is 391 g/mol. The number of rotatable bonds is 8. The molecule has 3 aromatic rings. The van der Waals surface area contributed by atoms with E-state index in [0.717, 1.165) is 35.7 Å². The van der Waals surface area contributed by atoms with E-state index >= 15 is 0 Å². The number of benzene rings is 2. The van der Waals surface area contributed by atoms with E-state index in [4.69, 9.17) is 9.72 Å². The zero-order chi connectivity index (χ0) is 20.2. The van der Waals surface area contributed by atoms with Crippen LogP contribution in [0, 0.1) is 0 Å². The van der Waals surface area contributed by atoms with Gasteiger partial charge in [-0.25, -0.2) is 4.98 Å². The summed E-state index contributed by atoms with van der Waals surface area (Å²) < 4.78 is 7.68. The number of fused-ring (bicyclic) bond motifs is 1. The van der Waals surface area contributed by atoms with Crippen molar-refractivity contribution in [1.29, 1.82) is 0 Å². The van der Waals surface area contributed by atoms with Crippen molar-refractivity contribution >= 4 is 22.6 Å². The second kappa shape index (κ2) is 8.68. The molecular weight excluding hydrogens is 362 g/mol. The van der Waals surface area contributed by atoms with E-state index in [1.807, 2.05) is 35.2 Å². The molecule has 1 aliphatic heterocycles. The Balaban J connectivity index is 1.61. The molecule has 0 spiro atoms. The molecule has 5 heteroatoms. The minimum absolute atomic E-state index is 0.104. The molecule has 0 radical (unpaired) electrons. The number of unbranched alkanes of at least 4 members (excludes halogenated alkanes) is 3. The van der Waals surface area contributed by atoms with Crippen LogP contribution in [-0.2, 0) is 11.3 Å². The Morgan fingerprint density at radius 3 is 2.79 bits per heavy atom. The van der Waals surface area contributed by atoms with E-state index in [2.05, 4.69) is 29.7 Å². The Kier molecular flexibility index (Phi) is 5.84. The highest BCUT2D eigenvalue weighted by molar-refractivity contribution is 5.96. The average molecular weight is 392 g/mol. The molecule has 1 saturated heterocycles. The van der Waals surface area contributed by atoms with Gasteiger partial charge in [0.2, 0.25) is 5.91 Å². The lowest BCUT2D eigenvalue weighted by molar-refractivity contribution is -0.117. The third-order valence-corrected chi connectivity index (χ3v) is 5.77. The van der Waals surface area contributed by atoms with Gasteiger partial charge < -0.3 is 14.2 Å². The number of anilines is 1. The predicted octanol–water partition coefficient (Wildman–Crippen LogP) is 5.15. The minimum atomic E-state index is 0.104. The number of hydrogen-bond donors (Lipinski definition) is 0. The van der Waals surface area contributed by atoms with Crippen molar-refractivity contribution in [3.05, 3.63) is 54.4 Å². The Hall–Kier alpha value is -2.82. The number of carbonyl (C=O) groups is 1. The molecule has 5 nitrogen and oxygen atoms in total. The van der Waals surface area contributed by atoms with Crippen LogP contribution >= 0.6 is 0 Å². The van der Waals surface area contributed by atoms with Crippen LogP contribution in [0.15, 0.2) is 48.5 Å². The van der Waals surface area contributed by atoms with Crippen LogP contribution in [0.3, 0.4) is 0 Å². The fraction of sp³-hybridized carbons (Fsp3) is 0.417. The summed E-state index contributed by atoms with van der Waals surface area (Å²) in [5.41, 5.74) is 3.08. The van der Waals surface area contributed by atoms with E-state index in [1.165, 1.54) is 24.8 Å². The molecule has 1 fully saturated rings. The fourth-order valence-corrected chi connectivity index (χ4v) is 4.25. The van der Waals surface area contributed by atoms with E-state index in [9.17, 15) is 4.79 Å². The van der Waals surface area contributed by atoms with Gasteiger partial charge in [0, 0.05) is 37.2 Å². The Morgan fingerprint density at radius 1 is 1.10 bits per heavy atom. The summed E-state index contributed by atoms with van der Waals surface area (Å²) in [6.45, 7) is 3.85. The lowest BCUT2D eigenvalue weighted by Gasteiger charge is -2.18. The van der Waals surface area contributed by atoms with Crippen molar-refractivity contribution in [1.82, 2.24) is 9.55 Å². The third kappa shape index (κ3) is 4.00. The Morgan fingerprint density at radius 2 is 1.97 bits per heavy atom. The van der Waals surface area contributed by atoms with Crippen molar-refractivity contribution in [2.24, 2.45) is 0 Å². The van der Waals surface area contributed by atoms with Gasteiger partial charge in [-0.3, -0.25) is 4.79 Å². The van der Waals surface area contributed by atoms with Crippen molar-refractivity contribution < 1.29 is 9.53 Å². The van der Waals surface area contributed by atoms with E-state index in [1.54, 1.807) is 7.11 Å². The molecule has 0 aliphatic carbocycles. The zero-order valence-corrected chi connectivity index (χ0v) is 17.3. The van der Waals surface area contributed by atoms with Crippen LogP contribution in [0.1, 0.15) is 50.8 Å². The smallest absolute Gasteiger partial charge is 0.227 e. The van der Waals surface area contributed by atoms with Gasteiger partial charge in [-0.1, -0.05) is 44.4 Å². The Bertz CT molecular complexity index is 995. The van der Waals surface area contributed by atoms with Gasteiger partial charge in [0.05, 0.1) is 18.1 Å². The second-order valence-electron chi connectivity index (χ2n) is 7.78. The molecule has 2 heterocycles. The summed E-state index contributed by atoms with van der Waals surface area (Å²) in [5.74, 6) is 2.06. The van der Waals surface area contributed by atoms with Crippen molar-refractivity contribution in [2.75, 3.05) is 18.6 Å². The minimum Gasteiger partial charge on any atom is -0.497 e. The molecule has 1 unspecified atom stereocenters. The number of carbonyl (C=O) groups excluding carboxylic acids is 1. The summed E-state index contributed by atoms with van der Waals surface area (Å²) in [5, 5.41) is 0. The van der Waals surface area contributed by atoms with Gasteiger partial charge in [-0.2, -0.15) is 0 Å². The number of aryl methyl sites for hydroxylation is 1. The summed E-state index contributed by atoms with van der Waals surface area (Å²) in [7, 11) is 1.65. The molecule has 1 aromatic heterocycles. The van der Waals surface area contributed by atoms with E-state index in [-0.39, 0.29) is 11.8 Å². The number of hydrogen-bond acceptors (Lipinski definition) is 3. The summed E-state index contributed by atoms with van der Waals surface area (Å²) in [4.78, 5) is 19.7. The molecular formula is C24H29N3O2. The van der Waals surface area contributed by atoms with E-state index < -0.39 is 0 Å². The van der Waals surface area contributed by atoms with Gasteiger partial charge in [0.1, 0.15) is 11.6 Å². The predicted molar refractivity (Wildman–Crippen MR) is 117 cm³/mol. The number of para-hydroxylation sites is 2. The topological polar surface area (TPSA) is 47.4 Å². The van der Waals surface area contributed by atoms with Gasteiger partial charge >= 0.3 is 0 Å². The first-order chi connectivity index (χ1) is 14.2. The van der Waals surface area contributed by atoms with Crippen molar-refractivity contribution in [3.63, 3.8) is 0 Å².